The van der Waals surface area contributed by atoms with Crippen LogP contribution in [0.25, 0.3) is 0 Å². The van der Waals surface area contributed by atoms with Gasteiger partial charge < -0.3 is 10.1 Å². The van der Waals surface area contributed by atoms with Crippen LogP contribution in [0.5, 0.6) is 0 Å². The van der Waals surface area contributed by atoms with E-state index in [1.165, 1.54) is 20.1 Å². The van der Waals surface area contributed by atoms with Crippen molar-refractivity contribution in [3.05, 3.63) is 29.8 Å². The number of amides is 1. The van der Waals surface area contributed by atoms with Crippen LogP contribution in [0.1, 0.15) is 12.5 Å². The van der Waals surface area contributed by atoms with Crippen molar-refractivity contribution in [2.24, 2.45) is 4.99 Å². The fraction of sp³-hybridized carbons (Fsp3) is 0.308. The van der Waals surface area contributed by atoms with E-state index in [1.54, 1.807) is 24.3 Å². The summed E-state index contributed by atoms with van der Waals surface area (Å²) >= 11 is 0. The SMILES string of the molecule is COC(=O)C(Cc1ccc(N=C=O)cc1)NC(C)=O. The lowest BCUT2D eigenvalue weighted by atomic mass is 10.1. The minimum absolute atomic E-state index is 0.303. The van der Waals surface area contributed by atoms with Crippen molar-refractivity contribution in [1.82, 2.24) is 5.32 Å². The molecule has 6 heteroatoms. The fourth-order valence-corrected chi connectivity index (χ4v) is 1.58. The van der Waals surface area contributed by atoms with Crippen LogP contribution >= 0.6 is 0 Å². The van der Waals surface area contributed by atoms with E-state index in [-0.39, 0.29) is 5.91 Å². The van der Waals surface area contributed by atoms with Crippen LogP contribution in [0.4, 0.5) is 5.69 Å². The molecule has 1 atom stereocenters. The number of esters is 1. The largest absolute Gasteiger partial charge is 0.467 e. The molecule has 1 aromatic rings. The number of nitrogens with zero attached hydrogens (tertiary/aromatic N) is 1. The van der Waals surface area contributed by atoms with E-state index in [1.807, 2.05) is 0 Å². The summed E-state index contributed by atoms with van der Waals surface area (Å²) < 4.78 is 4.62. The molecule has 0 heterocycles. The second kappa shape index (κ2) is 7.08. The molecule has 0 saturated heterocycles. The molecule has 1 rings (SSSR count). The summed E-state index contributed by atoms with van der Waals surface area (Å²) in [6.45, 7) is 1.33. The number of nitrogens with one attached hydrogen (secondary N) is 1. The van der Waals surface area contributed by atoms with E-state index in [0.717, 1.165) is 5.56 Å². The molecular weight excluding hydrogens is 248 g/mol. The van der Waals surface area contributed by atoms with Gasteiger partial charge in [-0.1, -0.05) is 12.1 Å². The summed E-state index contributed by atoms with van der Waals surface area (Å²) in [6, 6.07) is 5.95. The van der Waals surface area contributed by atoms with Gasteiger partial charge in [0.05, 0.1) is 12.8 Å². The minimum atomic E-state index is -0.733. The zero-order valence-corrected chi connectivity index (χ0v) is 10.7. The first-order chi connectivity index (χ1) is 9.06. The first kappa shape index (κ1) is 14.6. The summed E-state index contributed by atoms with van der Waals surface area (Å²) in [4.78, 5) is 36.1. The maximum Gasteiger partial charge on any atom is 0.328 e. The molecule has 0 aliphatic heterocycles. The van der Waals surface area contributed by atoms with Crippen LogP contribution in [0, 0.1) is 0 Å². The van der Waals surface area contributed by atoms with Crippen LogP contribution in [0.2, 0.25) is 0 Å². The standard InChI is InChI=1S/C13H14N2O4/c1-9(17)15-12(13(18)19-2)7-10-3-5-11(6-4-10)14-8-16/h3-6,12H,7H2,1-2H3,(H,15,17). The fourth-order valence-electron chi connectivity index (χ4n) is 1.58. The summed E-state index contributed by atoms with van der Waals surface area (Å²) in [6.07, 6.45) is 1.74. The Morgan fingerprint density at radius 2 is 2.00 bits per heavy atom. The predicted molar refractivity (Wildman–Crippen MR) is 67.5 cm³/mol. The van der Waals surface area contributed by atoms with Crippen molar-refractivity contribution < 1.29 is 19.1 Å². The van der Waals surface area contributed by atoms with Crippen LogP contribution in [0.15, 0.2) is 29.3 Å². The maximum absolute atomic E-state index is 11.5. The number of carbonyl (C=O) groups excluding carboxylic acids is 3. The van der Waals surface area contributed by atoms with Gasteiger partial charge in [0.2, 0.25) is 12.0 Å². The van der Waals surface area contributed by atoms with E-state index in [2.05, 4.69) is 15.0 Å². The quantitative estimate of drug-likeness (QED) is 0.485. The molecule has 100 valence electrons. The Hall–Kier alpha value is -2.46. The highest BCUT2D eigenvalue weighted by Gasteiger charge is 2.20. The van der Waals surface area contributed by atoms with E-state index >= 15 is 0 Å². The number of hydrogen-bond donors (Lipinski definition) is 1. The first-order valence-corrected chi connectivity index (χ1v) is 5.58. The van der Waals surface area contributed by atoms with Gasteiger partial charge in [0.25, 0.3) is 0 Å². The Morgan fingerprint density at radius 3 is 2.47 bits per heavy atom. The lowest BCUT2D eigenvalue weighted by molar-refractivity contribution is -0.144. The molecule has 0 radical (unpaired) electrons. The third kappa shape index (κ3) is 4.73. The van der Waals surface area contributed by atoms with Crippen molar-refractivity contribution in [3.8, 4) is 0 Å². The maximum atomic E-state index is 11.5. The third-order valence-electron chi connectivity index (χ3n) is 2.41. The molecule has 1 unspecified atom stereocenters. The minimum Gasteiger partial charge on any atom is -0.467 e. The second-order valence-electron chi connectivity index (χ2n) is 3.85. The highest BCUT2D eigenvalue weighted by atomic mass is 16.5. The van der Waals surface area contributed by atoms with E-state index < -0.39 is 12.0 Å². The van der Waals surface area contributed by atoms with Gasteiger partial charge in [0, 0.05) is 13.3 Å². The Kier molecular flexibility index (Phi) is 5.44. The van der Waals surface area contributed by atoms with E-state index in [4.69, 9.17) is 0 Å². The molecule has 0 aromatic heterocycles. The molecule has 0 bridgehead atoms. The normalized spacial score (nSPS) is 11.1. The van der Waals surface area contributed by atoms with Crippen LogP contribution < -0.4 is 5.32 Å². The van der Waals surface area contributed by atoms with Crippen molar-refractivity contribution in [2.45, 2.75) is 19.4 Å². The molecule has 0 aliphatic carbocycles. The van der Waals surface area contributed by atoms with Gasteiger partial charge in [0.1, 0.15) is 6.04 Å². The number of isocyanates is 1. The Labute approximate surface area is 110 Å². The summed E-state index contributed by atoms with van der Waals surface area (Å²) in [7, 11) is 1.26. The summed E-state index contributed by atoms with van der Waals surface area (Å²) in [5, 5.41) is 2.52. The van der Waals surface area contributed by atoms with Gasteiger partial charge in [0.15, 0.2) is 0 Å². The topological polar surface area (TPSA) is 84.8 Å². The number of rotatable bonds is 5. The molecule has 1 N–H and O–H groups in total. The van der Waals surface area contributed by atoms with Gasteiger partial charge in [-0.05, 0) is 17.7 Å². The number of ether oxygens (including phenoxy) is 1. The summed E-state index contributed by atoms with van der Waals surface area (Å²) in [5.74, 6) is -0.817. The molecule has 1 aromatic carbocycles. The molecule has 19 heavy (non-hydrogen) atoms. The molecule has 0 fully saturated rings. The number of carbonyl (C=O) groups is 2. The Morgan fingerprint density at radius 1 is 1.37 bits per heavy atom. The Bertz CT molecular complexity index is 504. The number of methoxy groups -OCH3 is 1. The van der Waals surface area contributed by atoms with Crippen molar-refractivity contribution in [1.29, 1.82) is 0 Å². The second-order valence-corrected chi connectivity index (χ2v) is 3.85. The number of hydrogen-bond acceptors (Lipinski definition) is 5. The van der Waals surface area contributed by atoms with Gasteiger partial charge >= 0.3 is 5.97 Å². The summed E-state index contributed by atoms with van der Waals surface area (Å²) in [5.41, 5.74) is 1.29. The van der Waals surface area contributed by atoms with Crippen molar-refractivity contribution in [2.75, 3.05) is 7.11 Å². The molecule has 0 saturated carbocycles. The Balaban J connectivity index is 2.80. The smallest absolute Gasteiger partial charge is 0.328 e. The zero-order chi connectivity index (χ0) is 14.3. The van der Waals surface area contributed by atoms with E-state index in [0.29, 0.717) is 12.1 Å². The monoisotopic (exact) mass is 262 g/mol. The number of aliphatic imine (C=N–C) groups is 1. The number of benzene rings is 1. The molecule has 0 aliphatic rings. The predicted octanol–water partition coefficient (Wildman–Crippen LogP) is 0.874. The molecule has 0 spiro atoms. The van der Waals surface area contributed by atoms with Crippen molar-refractivity contribution in [3.63, 3.8) is 0 Å². The van der Waals surface area contributed by atoms with Gasteiger partial charge in [-0.25, -0.2) is 9.59 Å². The molecule has 1 amide bonds. The van der Waals surface area contributed by atoms with Crippen molar-refractivity contribution >= 4 is 23.6 Å². The van der Waals surface area contributed by atoms with E-state index in [9.17, 15) is 14.4 Å². The molecule has 6 nitrogen and oxygen atoms in total. The zero-order valence-electron chi connectivity index (χ0n) is 10.7. The van der Waals surface area contributed by atoms with Gasteiger partial charge in [-0.15, -0.1) is 0 Å². The third-order valence-corrected chi connectivity index (χ3v) is 2.41. The molecular formula is C13H14N2O4. The van der Waals surface area contributed by atoms with Crippen LogP contribution in [-0.4, -0.2) is 31.1 Å². The average Bonchev–Trinajstić information content (AvgIpc) is 2.39. The van der Waals surface area contributed by atoms with Crippen LogP contribution in [-0.2, 0) is 25.5 Å². The van der Waals surface area contributed by atoms with Gasteiger partial charge in [-0.3, -0.25) is 4.79 Å². The lowest BCUT2D eigenvalue weighted by Crippen LogP contribution is -2.41. The highest BCUT2D eigenvalue weighted by Crippen LogP contribution is 2.13. The van der Waals surface area contributed by atoms with Crippen LogP contribution in [0.3, 0.4) is 0 Å². The van der Waals surface area contributed by atoms with Gasteiger partial charge in [-0.2, -0.15) is 4.99 Å². The highest BCUT2D eigenvalue weighted by molar-refractivity contribution is 5.83. The first-order valence-electron chi connectivity index (χ1n) is 5.58. The lowest BCUT2D eigenvalue weighted by Gasteiger charge is -2.15. The average molecular weight is 262 g/mol.